The molecule has 0 spiro atoms. The fourth-order valence-electron chi connectivity index (χ4n) is 3.26. The van der Waals surface area contributed by atoms with Gasteiger partial charge in [0.05, 0.1) is 17.2 Å². The Balaban J connectivity index is 1.42. The van der Waals surface area contributed by atoms with E-state index in [1.54, 1.807) is 48.5 Å². The standard InChI is InChI=1S/C22H17BrCl3N3O4/c23-19-8-7-18(33-19)21-27-16-5-3-12(24)10-14(16)22(31)29(21)28-20(30)2-1-9-32-17-6-4-13(25)11-15(17)26/h3-8,10-11,21,27H,1-2,9H2,(H,28,30). The van der Waals surface area contributed by atoms with Gasteiger partial charge in [-0.15, -0.1) is 0 Å². The van der Waals surface area contributed by atoms with Gasteiger partial charge in [-0.2, -0.15) is 0 Å². The van der Waals surface area contributed by atoms with E-state index in [0.717, 1.165) is 0 Å². The number of nitrogens with one attached hydrogen (secondary N) is 2. The maximum Gasteiger partial charge on any atom is 0.276 e. The Morgan fingerprint density at radius 2 is 1.88 bits per heavy atom. The largest absolute Gasteiger partial charge is 0.492 e. The number of rotatable bonds is 7. The van der Waals surface area contributed by atoms with Crippen LogP contribution in [0.15, 0.2) is 57.6 Å². The van der Waals surface area contributed by atoms with Gasteiger partial charge < -0.3 is 14.5 Å². The molecule has 2 aromatic carbocycles. The molecule has 1 atom stereocenters. The van der Waals surface area contributed by atoms with Gasteiger partial charge in [0.15, 0.2) is 10.8 Å². The fraction of sp³-hybridized carbons (Fsp3) is 0.182. The molecular formula is C22H17BrCl3N3O4. The van der Waals surface area contributed by atoms with Crippen LogP contribution in [-0.2, 0) is 4.79 Å². The maximum absolute atomic E-state index is 13.2. The minimum atomic E-state index is -0.745. The summed E-state index contributed by atoms with van der Waals surface area (Å²) in [4.78, 5) is 25.8. The van der Waals surface area contributed by atoms with Crippen molar-refractivity contribution in [2.75, 3.05) is 11.9 Å². The minimum Gasteiger partial charge on any atom is -0.492 e. The molecule has 7 nitrogen and oxygen atoms in total. The number of nitrogens with zero attached hydrogens (tertiary/aromatic N) is 1. The predicted octanol–water partition coefficient (Wildman–Crippen LogP) is 6.46. The molecule has 1 aliphatic heterocycles. The number of hydrogen-bond donors (Lipinski definition) is 2. The summed E-state index contributed by atoms with van der Waals surface area (Å²) in [6.07, 6.45) is -0.225. The molecule has 1 aromatic heterocycles. The SMILES string of the molecule is O=C(CCCOc1ccc(Cl)cc1Cl)NN1C(=O)c2cc(Cl)ccc2NC1c1ccc(Br)o1. The highest BCUT2D eigenvalue weighted by Gasteiger charge is 2.36. The van der Waals surface area contributed by atoms with Gasteiger partial charge in [0.25, 0.3) is 5.91 Å². The van der Waals surface area contributed by atoms with Crippen LogP contribution >= 0.6 is 50.7 Å². The Morgan fingerprint density at radius 3 is 2.61 bits per heavy atom. The topological polar surface area (TPSA) is 83.8 Å². The highest BCUT2D eigenvalue weighted by Crippen LogP contribution is 2.35. The second kappa shape index (κ2) is 10.3. The third-order valence-corrected chi connectivity index (χ3v) is 5.98. The van der Waals surface area contributed by atoms with Crippen molar-refractivity contribution in [2.45, 2.75) is 19.0 Å². The molecule has 0 radical (unpaired) electrons. The van der Waals surface area contributed by atoms with Crippen LogP contribution in [0.4, 0.5) is 5.69 Å². The van der Waals surface area contributed by atoms with Crippen LogP contribution in [0, 0.1) is 0 Å². The van der Waals surface area contributed by atoms with E-state index in [1.165, 1.54) is 5.01 Å². The average molecular weight is 574 g/mol. The maximum atomic E-state index is 13.2. The number of carbonyl (C=O) groups is 2. The van der Waals surface area contributed by atoms with Crippen LogP contribution < -0.4 is 15.5 Å². The van der Waals surface area contributed by atoms with Crippen LogP contribution in [0.2, 0.25) is 15.1 Å². The number of benzene rings is 2. The van der Waals surface area contributed by atoms with Crippen molar-refractivity contribution in [3.8, 4) is 5.75 Å². The average Bonchev–Trinajstić information content (AvgIpc) is 3.20. The Labute approximate surface area is 213 Å². The van der Waals surface area contributed by atoms with Crippen molar-refractivity contribution in [1.82, 2.24) is 10.4 Å². The Kier molecular flexibility index (Phi) is 7.38. The monoisotopic (exact) mass is 571 g/mol. The smallest absolute Gasteiger partial charge is 0.276 e. The first-order valence-corrected chi connectivity index (χ1v) is 11.8. The zero-order valence-electron chi connectivity index (χ0n) is 16.9. The van der Waals surface area contributed by atoms with E-state index in [2.05, 4.69) is 26.7 Å². The van der Waals surface area contributed by atoms with E-state index in [1.807, 2.05) is 0 Å². The van der Waals surface area contributed by atoms with E-state index in [-0.39, 0.29) is 18.9 Å². The summed E-state index contributed by atoms with van der Waals surface area (Å²) in [5.74, 6) is 0.143. The number of anilines is 1. The summed E-state index contributed by atoms with van der Waals surface area (Å²) in [6, 6.07) is 13.3. The predicted molar refractivity (Wildman–Crippen MR) is 130 cm³/mol. The molecule has 2 N–H and O–H groups in total. The van der Waals surface area contributed by atoms with Gasteiger partial charge in [0, 0.05) is 22.2 Å². The Morgan fingerprint density at radius 1 is 1.12 bits per heavy atom. The number of hydrazine groups is 1. The fourth-order valence-corrected chi connectivity index (χ4v) is 4.22. The zero-order chi connectivity index (χ0) is 23.5. The van der Waals surface area contributed by atoms with Crippen LogP contribution in [0.25, 0.3) is 0 Å². The molecule has 2 amide bonds. The number of carbonyl (C=O) groups excluding carboxylic acids is 2. The summed E-state index contributed by atoms with van der Waals surface area (Å²) in [5.41, 5.74) is 3.59. The van der Waals surface area contributed by atoms with Crippen molar-refractivity contribution in [3.63, 3.8) is 0 Å². The summed E-state index contributed by atoms with van der Waals surface area (Å²) in [5, 5.41) is 5.71. The van der Waals surface area contributed by atoms with Crippen molar-refractivity contribution >= 4 is 68.2 Å². The molecule has 0 saturated heterocycles. The normalized spacial score (nSPS) is 15.1. The van der Waals surface area contributed by atoms with Crippen LogP contribution in [0.5, 0.6) is 5.75 Å². The second-order valence-corrected chi connectivity index (χ2v) is 9.18. The number of hydrogen-bond acceptors (Lipinski definition) is 5. The lowest BCUT2D eigenvalue weighted by atomic mass is 10.1. The number of fused-ring (bicyclic) bond motifs is 1. The molecule has 33 heavy (non-hydrogen) atoms. The molecule has 0 saturated carbocycles. The highest BCUT2D eigenvalue weighted by atomic mass is 79.9. The van der Waals surface area contributed by atoms with E-state index in [0.29, 0.717) is 48.9 Å². The Hall–Kier alpha value is -2.39. The van der Waals surface area contributed by atoms with Gasteiger partial charge in [0.1, 0.15) is 11.5 Å². The summed E-state index contributed by atoms with van der Waals surface area (Å²) in [6.45, 7) is 0.258. The number of amides is 2. The first-order valence-electron chi connectivity index (χ1n) is 9.84. The van der Waals surface area contributed by atoms with Crippen molar-refractivity contribution in [2.24, 2.45) is 0 Å². The Bertz CT molecular complexity index is 1200. The van der Waals surface area contributed by atoms with Crippen molar-refractivity contribution in [1.29, 1.82) is 0 Å². The molecule has 2 heterocycles. The van der Waals surface area contributed by atoms with Crippen molar-refractivity contribution < 1.29 is 18.7 Å². The van der Waals surface area contributed by atoms with E-state index in [4.69, 9.17) is 44.0 Å². The summed E-state index contributed by atoms with van der Waals surface area (Å²) >= 11 is 21.3. The van der Waals surface area contributed by atoms with Gasteiger partial charge in [-0.05, 0) is 70.9 Å². The van der Waals surface area contributed by atoms with Crippen LogP contribution in [0.3, 0.4) is 0 Å². The summed E-state index contributed by atoms with van der Waals surface area (Å²) < 4.78 is 11.7. The highest BCUT2D eigenvalue weighted by molar-refractivity contribution is 9.10. The van der Waals surface area contributed by atoms with Gasteiger partial charge in [-0.3, -0.25) is 15.0 Å². The van der Waals surface area contributed by atoms with E-state index < -0.39 is 12.1 Å². The molecule has 3 aromatic rings. The zero-order valence-corrected chi connectivity index (χ0v) is 20.8. The number of furan rings is 1. The molecule has 1 unspecified atom stereocenters. The summed E-state index contributed by atoms with van der Waals surface area (Å²) in [7, 11) is 0. The molecule has 0 aliphatic carbocycles. The third kappa shape index (κ3) is 5.58. The third-order valence-electron chi connectivity index (χ3n) is 4.79. The molecule has 1 aliphatic rings. The molecule has 0 bridgehead atoms. The molecule has 0 fully saturated rings. The molecular weight excluding hydrogens is 557 g/mol. The lowest BCUT2D eigenvalue weighted by Gasteiger charge is -2.36. The van der Waals surface area contributed by atoms with Gasteiger partial charge in [0.2, 0.25) is 5.91 Å². The van der Waals surface area contributed by atoms with Crippen LogP contribution in [0.1, 0.15) is 35.1 Å². The second-order valence-electron chi connectivity index (χ2n) is 7.12. The number of halogens is 4. The molecule has 172 valence electrons. The van der Waals surface area contributed by atoms with Gasteiger partial charge >= 0.3 is 0 Å². The quantitative estimate of drug-likeness (QED) is 0.317. The van der Waals surface area contributed by atoms with Crippen LogP contribution in [-0.4, -0.2) is 23.4 Å². The first-order chi connectivity index (χ1) is 15.8. The lowest BCUT2D eigenvalue weighted by Crippen LogP contribution is -2.52. The van der Waals surface area contributed by atoms with Crippen molar-refractivity contribution in [3.05, 3.63) is 79.6 Å². The number of ether oxygens (including phenoxy) is 1. The molecule has 4 rings (SSSR count). The van der Waals surface area contributed by atoms with Gasteiger partial charge in [-0.25, -0.2) is 5.01 Å². The van der Waals surface area contributed by atoms with E-state index in [9.17, 15) is 9.59 Å². The minimum absolute atomic E-state index is 0.117. The lowest BCUT2D eigenvalue weighted by molar-refractivity contribution is -0.126. The van der Waals surface area contributed by atoms with Gasteiger partial charge in [-0.1, -0.05) is 34.8 Å². The molecule has 11 heteroatoms. The van der Waals surface area contributed by atoms with E-state index >= 15 is 0 Å². The first kappa shape index (κ1) is 23.8.